The zero-order chi connectivity index (χ0) is 24.4. The Bertz CT molecular complexity index is 1230. The zero-order valence-electron chi connectivity index (χ0n) is 19.6. The molecular formula is C28H28Cl2N2O3. The molecule has 1 saturated heterocycles. The van der Waals surface area contributed by atoms with Crippen LogP contribution < -0.4 is 14.8 Å². The van der Waals surface area contributed by atoms with Crippen LogP contribution >= 0.6 is 23.2 Å². The molecule has 5 nitrogen and oxygen atoms in total. The number of hydrogen-bond donors (Lipinski definition) is 1. The molecule has 0 unspecified atom stereocenters. The lowest BCUT2D eigenvalue weighted by molar-refractivity contribution is -0.124. The van der Waals surface area contributed by atoms with Gasteiger partial charge in [-0.2, -0.15) is 0 Å². The minimum Gasteiger partial charge on any atom is -0.493 e. The highest BCUT2D eigenvalue weighted by molar-refractivity contribution is 6.35. The Hall–Kier alpha value is -2.73. The molecule has 1 atom stereocenters. The number of benzene rings is 3. The van der Waals surface area contributed by atoms with Crippen molar-refractivity contribution in [2.75, 3.05) is 20.2 Å². The lowest BCUT2D eigenvalue weighted by atomic mass is 9.94. The largest absolute Gasteiger partial charge is 0.493 e. The van der Waals surface area contributed by atoms with Crippen molar-refractivity contribution >= 4 is 29.1 Å². The Morgan fingerprint density at radius 1 is 1.06 bits per heavy atom. The fourth-order valence-electron chi connectivity index (χ4n) is 4.83. The molecule has 5 rings (SSSR count). The Balaban J connectivity index is 1.18. The number of rotatable bonds is 8. The Morgan fingerprint density at radius 2 is 1.86 bits per heavy atom. The fraction of sp³-hybridized carbons (Fsp3) is 0.321. The van der Waals surface area contributed by atoms with E-state index >= 15 is 0 Å². The van der Waals surface area contributed by atoms with Gasteiger partial charge in [0, 0.05) is 35.7 Å². The van der Waals surface area contributed by atoms with Gasteiger partial charge < -0.3 is 14.8 Å². The number of amides is 1. The third-order valence-corrected chi connectivity index (χ3v) is 7.39. The van der Waals surface area contributed by atoms with Crippen LogP contribution in [0.5, 0.6) is 17.2 Å². The summed E-state index contributed by atoms with van der Waals surface area (Å²) in [6.45, 7) is 2.54. The Kier molecular flexibility index (Phi) is 6.92. The summed E-state index contributed by atoms with van der Waals surface area (Å²) < 4.78 is 11.4. The molecule has 182 valence electrons. The van der Waals surface area contributed by atoms with Crippen molar-refractivity contribution in [3.8, 4) is 17.2 Å². The molecule has 1 heterocycles. The van der Waals surface area contributed by atoms with Crippen LogP contribution in [0.2, 0.25) is 10.0 Å². The topological polar surface area (TPSA) is 50.8 Å². The maximum atomic E-state index is 13.2. The van der Waals surface area contributed by atoms with Gasteiger partial charge in [-0.25, -0.2) is 0 Å². The molecule has 0 aromatic heterocycles. The van der Waals surface area contributed by atoms with E-state index in [1.54, 1.807) is 19.2 Å². The number of carbonyl (C=O) groups is 1. The molecule has 1 aliphatic heterocycles. The van der Waals surface area contributed by atoms with Gasteiger partial charge in [-0.1, -0.05) is 53.5 Å². The Labute approximate surface area is 215 Å². The van der Waals surface area contributed by atoms with Crippen LogP contribution in [0, 0.1) is 0 Å². The number of nitrogens with one attached hydrogen (secondary N) is 1. The third kappa shape index (κ3) is 5.27. The van der Waals surface area contributed by atoms with Gasteiger partial charge in [0.15, 0.2) is 11.5 Å². The first-order valence-corrected chi connectivity index (χ1v) is 12.6. The number of methoxy groups -OCH3 is 1. The smallest absolute Gasteiger partial charge is 0.230 e. The van der Waals surface area contributed by atoms with Crippen LogP contribution in [0.15, 0.2) is 66.7 Å². The normalized spacial score (nSPS) is 18.8. The van der Waals surface area contributed by atoms with E-state index < -0.39 is 5.41 Å². The van der Waals surface area contributed by atoms with Gasteiger partial charge in [0.25, 0.3) is 0 Å². The van der Waals surface area contributed by atoms with Crippen LogP contribution in [0.3, 0.4) is 0 Å². The van der Waals surface area contributed by atoms with Gasteiger partial charge in [0.05, 0.1) is 12.5 Å². The molecule has 3 aromatic carbocycles. The highest BCUT2D eigenvalue weighted by Crippen LogP contribution is 2.51. The second kappa shape index (κ2) is 10.1. The predicted octanol–water partition coefficient (Wildman–Crippen LogP) is 6.22. The number of nitrogens with zero attached hydrogens (tertiary/aromatic N) is 1. The van der Waals surface area contributed by atoms with Crippen LogP contribution in [0.1, 0.15) is 30.4 Å². The molecular weight excluding hydrogens is 483 g/mol. The number of hydrogen-bond acceptors (Lipinski definition) is 4. The summed E-state index contributed by atoms with van der Waals surface area (Å²) in [5.41, 5.74) is 1.53. The summed E-state index contributed by atoms with van der Waals surface area (Å²) in [4.78, 5) is 15.6. The zero-order valence-corrected chi connectivity index (χ0v) is 21.1. The number of carbonyl (C=O) groups excluding carboxylic acids is 1. The average Bonchev–Trinajstić information content (AvgIpc) is 3.54. The van der Waals surface area contributed by atoms with Crippen LogP contribution in [-0.2, 0) is 16.8 Å². The summed E-state index contributed by atoms with van der Waals surface area (Å²) >= 11 is 12.5. The van der Waals surface area contributed by atoms with Crippen LogP contribution in [-0.4, -0.2) is 37.0 Å². The van der Waals surface area contributed by atoms with E-state index in [9.17, 15) is 4.79 Å². The molecule has 1 N–H and O–H groups in total. The van der Waals surface area contributed by atoms with Crippen LogP contribution in [0.4, 0.5) is 0 Å². The maximum absolute atomic E-state index is 13.2. The summed E-state index contributed by atoms with van der Waals surface area (Å²) in [5, 5.41) is 4.43. The van der Waals surface area contributed by atoms with E-state index in [0.717, 1.165) is 55.8 Å². The Morgan fingerprint density at radius 3 is 2.60 bits per heavy atom. The molecule has 3 aromatic rings. The monoisotopic (exact) mass is 510 g/mol. The highest BCUT2D eigenvalue weighted by Gasteiger charge is 2.52. The maximum Gasteiger partial charge on any atom is 0.230 e. The molecule has 7 heteroatoms. The van der Waals surface area contributed by atoms with E-state index in [4.69, 9.17) is 32.7 Å². The van der Waals surface area contributed by atoms with E-state index in [-0.39, 0.29) is 11.9 Å². The standard InChI is InChI=1S/C28H28Cl2N2O3/c1-34-25-7-2-3-8-26(25)35-22-6-4-5-19(15-22)17-32-14-11-21(18-32)31-27(33)28(12-13-28)23-10-9-20(29)16-24(23)30/h2-10,15-16,21H,11-14,17-18H2,1H3,(H,31,33)/t21-/m0/s1. The first-order valence-electron chi connectivity index (χ1n) is 11.9. The number of halogens is 2. The average molecular weight is 511 g/mol. The van der Waals surface area contributed by atoms with E-state index in [2.05, 4.69) is 22.3 Å². The molecule has 1 amide bonds. The van der Waals surface area contributed by atoms with E-state index in [1.165, 1.54) is 0 Å². The van der Waals surface area contributed by atoms with Gasteiger partial charge in [-0.3, -0.25) is 9.69 Å². The molecule has 0 spiro atoms. The summed E-state index contributed by atoms with van der Waals surface area (Å²) in [6, 6.07) is 21.2. The van der Waals surface area contributed by atoms with Crippen molar-refractivity contribution in [3.05, 3.63) is 87.9 Å². The lowest BCUT2D eigenvalue weighted by Crippen LogP contribution is -2.43. The molecule has 2 fully saturated rings. The molecule has 1 aliphatic carbocycles. The first kappa shape index (κ1) is 24.0. The molecule has 0 bridgehead atoms. The quantitative estimate of drug-likeness (QED) is 0.390. The second-order valence-electron chi connectivity index (χ2n) is 9.30. The molecule has 35 heavy (non-hydrogen) atoms. The van der Waals surface area contributed by atoms with Crippen molar-refractivity contribution < 1.29 is 14.3 Å². The predicted molar refractivity (Wildman–Crippen MR) is 139 cm³/mol. The molecule has 2 aliphatic rings. The number of likely N-dealkylation sites (tertiary alicyclic amines) is 1. The molecule has 0 radical (unpaired) electrons. The summed E-state index contributed by atoms with van der Waals surface area (Å²) in [7, 11) is 1.64. The van der Waals surface area contributed by atoms with Crippen molar-refractivity contribution in [2.24, 2.45) is 0 Å². The summed E-state index contributed by atoms with van der Waals surface area (Å²) in [5.74, 6) is 2.22. The fourth-order valence-corrected chi connectivity index (χ4v) is 5.42. The number of ether oxygens (including phenoxy) is 2. The lowest BCUT2D eigenvalue weighted by Gasteiger charge is -2.21. The first-order chi connectivity index (χ1) is 17.0. The van der Waals surface area contributed by atoms with Crippen LogP contribution in [0.25, 0.3) is 0 Å². The van der Waals surface area contributed by atoms with Crippen molar-refractivity contribution in [3.63, 3.8) is 0 Å². The van der Waals surface area contributed by atoms with Gasteiger partial charge in [-0.15, -0.1) is 0 Å². The van der Waals surface area contributed by atoms with Crippen molar-refractivity contribution in [2.45, 2.75) is 37.3 Å². The second-order valence-corrected chi connectivity index (χ2v) is 10.1. The highest BCUT2D eigenvalue weighted by atomic mass is 35.5. The van der Waals surface area contributed by atoms with Gasteiger partial charge >= 0.3 is 0 Å². The minimum absolute atomic E-state index is 0.0702. The summed E-state index contributed by atoms with van der Waals surface area (Å²) in [6.07, 6.45) is 2.55. The molecule has 1 saturated carbocycles. The van der Waals surface area contributed by atoms with E-state index in [1.807, 2.05) is 42.5 Å². The van der Waals surface area contributed by atoms with Gasteiger partial charge in [0.1, 0.15) is 5.75 Å². The van der Waals surface area contributed by atoms with Gasteiger partial charge in [0.2, 0.25) is 5.91 Å². The third-order valence-electron chi connectivity index (χ3n) is 6.84. The van der Waals surface area contributed by atoms with Gasteiger partial charge in [-0.05, 0) is 66.8 Å². The van der Waals surface area contributed by atoms with E-state index in [0.29, 0.717) is 21.5 Å². The SMILES string of the molecule is COc1ccccc1Oc1cccc(CN2CC[C@H](NC(=O)C3(c4ccc(Cl)cc4Cl)CC3)C2)c1. The number of para-hydroxylation sites is 2. The minimum atomic E-state index is -0.515. The van der Waals surface area contributed by atoms with Crippen molar-refractivity contribution in [1.82, 2.24) is 10.2 Å². The van der Waals surface area contributed by atoms with Crippen molar-refractivity contribution in [1.29, 1.82) is 0 Å².